The van der Waals surface area contributed by atoms with Gasteiger partial charge in [0.2, 0.25) is 0 Å². The highest BCUT2D eigenvalue weighted by Crippen LogP contribution is 2.25. The lowest BCUT2D eigenvalue weighted by Crippen LogP contribution is -2.16. The number of rotatable bonds is 4. The van der Waals surface area contributed by atoms with Crippen LogP contribution in [0, 0.1) is 6.92 Å². The Labute approximate surface area is 146 Å². The van der Waals surface area contributed by atoms with Crippen LogP contribution in [-0.4, -0.2) is 17.9 Å². The Morgan fingerprint density at radius 1 is 0.870 bits per heavy atom. The largest absolute Gasteiger partial charge is 0.290 e. The van der Waals surface area contributed by atoms with Crippen molar-refractivity contribution in [2.45, 2.75) is 35.8 Å². The number of halogens is 1. The molecule has 0 N–H and O–H groups in total. The maximum Gasteiger partial charge on any atom is 0.290 e. The van der Waals surface area contributed by atoms with Crippen LogP contribution in [0.5, 0.6) is 0 Å². The van der Waals surface area contributed by atoms with E-state index in [1.54, 1.807) is 50.2 Å². The van der Waals surface area contributed by atoms with Crippen molar-refractivity contribution in [1.82, 2.24) is 0 Å². The average Bonchev–Trinajstić information content (AvgIpc) is 2.47. The molecular weight excluding hydrogens is 398 g/mol. The molecule has 2 rings (SSSR count). The third kappa shape index (κ3) is 4.02. The molecule has 0 aliphatic carbocycles. The number of aryl methyl sites for hydroxylation is 1. The maximum atomic E-state index is 13.3. The lowest BCUT2D eigenvalue weighted by atomic mass is 10.2. The summed E-state index contributed by atoms with van der Waals surface area (Å²) in [7, 11) is -7.10. The minimum Gasteiger partial charge on any atom is -0.243 e. The van der Waals surface area contributed by atoms with E-state index in [-0.39, 0.29) is 4.90 Å². The molecule has 1 atom stereocenters. The van der Waals surface area contributed by atoms with Crippen LogP contribution in [0.1, 0.15) is 19.4 Å². The number of hydrogen-bond donors (Lipinski definition) is 0. The Hall–Kier alpha value is -1.18. The molecule has 0 radical (unpaired) electrons. The van der Waals surface area contributed by atoms with Crippen molar-refractivity contribution < 1.29 is 12.6 Å². The van der Waals surface area contributed by atoms with Gasteiger partial charge in [-0.3, -0.25) is 0 Å². The van der Waals surface area contributed by atoms with E-state index < -0.39 is 25.0 Å². The molecule has 2 aromatic rings. The lowest BCUT2D eigenvalue weighted by molar-refractivity contribution is 0.597. The predicted molar refractivity (Wildman–Crippen MR) is 96.5 cm³/mol. The molecule has 0 aliphatic rings. The van der Waals surface area contributed by atoms with Gasteiger partial charge in [-0.25, -0.2) is 4.21 Å². The van der Waals surface area contributed by atoms with Gasteiger partial charge < -0.3 is 0 Å². The van der Waals surface area contributed by atoms with Gasteiger partial charge in [0, 0.05) is 14.6 Å². The molecule has 0 aromatic heterocycles. The van der Waals surface area contributed by atoms with Crippen molar-refractivity contribution in [2.75, 3.05) is 0 Å². The summed E-state index contributed by atoms with van der Waals surface area (Å²) < 4.78 is 43.0. The van der Waals surface area contributed by atoms with Gasteiger partial charge in [-0.2, -0.15) is 8.42 Å². The van der Waals surface area contributed by atoms with Crippen molar-refractivity contribution in [3.63, 3.8) is 0 Å². The van der Waals surface area contributed by atoms with Crippen LogP contribution in [0.3, 0.4) is 0 Å². The molecule has 124 valence electrons. The lowest BCUT2D eigenvalue weighted by Gasteiger charge is -2.14. The first-order valence-corrected chi connectivity index (χ1v) is 10.8. The Morgan fingerprint density at radius 3 is 1.83 bits per heavy atom. The molecule has 0 bridgehead atoms. The predicted octanol–water partition coefficient (Wildman–Crippen LogP) is 4.38. The topological polar surface area (TPSA) is 63.6 Å². The van der Waals surface area contributed by atoms with E-state index in [2.05, 4.69) is 19.7 Å². The first kappa shape index (κ1) is 18.2. The van der Waals surface area contributed by atoms with Crippen LogP contribution < -0.4 is 0 Å². The summed E-state index contributed by atoms with van der Waals surface area (Å²) >= 11 is 3.31. The Morgan fingerprint density at radius 2 is 1.35 bits per heavy atom. The fourth-order valence-corrected chi connectivity index (χ4v) is 6.29. The van der Waals surface area contributed by atoms with E-state index in [0.717, 1.165) is 10.0 Å². The van der Waals surface area contributed by atoms with Crippen LogP contribution in [-0.2, 0) is 19.8 Å². The first-order valence-electron chi connectivity index (χ1n) is 7.00. The van der Waals surface area contributed by atoms with Gasteiger partial charge in [0.15, 0.2) is 0 Å². The van der Waals surface area contributed by atoms with E-state index in [9.17, 15) is 12.6 Å². The molecular formula is C16H18BrNO3S2. The molecule has 1 unspecified atom stereocenters. The second kappa shape index (κ2) is 6.75. The molecule has 4 nitrogen and oxygen atoms in total. The summed E-state index contributed by atoms with van der Waals surface area (Å²) in [6.07, 6.45) is 0. The second-order valence-electron chi connectivity index (χ2n) is 5.43. The minimum absolute atomic E-state index is 0.0496. The van der Waals surface area contributed by atoms with E-state index in [1.165, 1.54) is 12.1 Å². The molecule has 0 spiro atoms. The second-order valence-corrected chi connectivity index (χ2v) is 10.9. The van der Waals surface area contributed by atoms with Gasteiger partial charge in [-0.05, 0) is 57.2 Å². The minimum atomic E-state index is -4.00. The van der Waals surface area contributed by atoms with Gasteiger partial charge in [-0.1, -0.05) is 33.6 Å². The van der Waals surface area contributed by atoms with Gasteiger partial charge in [0.1, 0.15) is 0 Å². The molecule has 23 heavy (non-hydrogen) atoms. The monoisotopic (exact) mass is 415 g/mol. The normalized spacial score (nSPS) is 14.5. The first-order chi connectivity index (χ1) is 10.6. The van der Waals surface area contributed by atoms with Crippen LogP contribution in [0.15, 0.2) is 66.6 Å². The standard InChI is InChI=1S/C16H18BrNO3S2/c1-12(2)22(19,15-10-6-14(17)7-11-15)18-23(20,21)16-8-4-13(3)5-9-16/h4-12H,1-3H3. The van der Waals surface area contributed by atoms with E-state index in [0.29, 0.717) is 4.90 Å². The number of hydrogen-bond acceptors (Lipinski definition) is 3. The molecule has 0 aliphatic heterocycles. The summed E-state index contributed by atoms with van der Waals surface area (Å²) in [4.78, 5) is 0.458. The van der Waals surface area contributed by atoms with Crippen molar-refractivity contribution in [3.05, 3.63) is 58.6 Å². The van der Waals surface area contributed by atoms with E-state index in [4.69, 9.17) is 0 Å². The molecule has 0 fully saturated rings. The number of benzene rings is 2. The molecule has 0 saturated carbocycles. The summed E-state index contributed by atoms with van der Waals surface area (Å²) in [6.45, 7) is 5.28. The summed E-state index contributed by atoms with van der Waals surface area (Å²) in [5.74, 6) is 0. The number of sulfonamides is 1. The fourth-order valence-electron chi connectivity index (χ4n) is 1.93. The zero-order valence-electron chi connectivity index (χ0n) is 13.1. The molecule has 0 amide bonds. The van der Waals surface area contributed by atoms with Crippen LogP contribution in [0.25, 0.3) is 0 Å². The van der Waals surface area contributed by atoms with Crippen molar-refractivity contribution in [3.8, 4) is 0 Å². The Bertz CT molecular complexity index is 909. The smallest absolute Gasteiger partial charge is 0.243 e. The molecule has 0 heterocycles. The summed E-state index contributed by atoms with van der Waals surface area (Å²) in [5, 5.41) is -0.441. The van der Waals surface area contributed by atoms with Crippen molar-refractivity contribution in [1.29, 1.82) is 0 Å². The SMILES string of the molecule is Cc1ccc(S(=O)(=O)N=S(=O)(c2ccc(Br)cc2)C(C)C)cc1. The third-order valence-electron chi connectivity index (χ3n) is 3.32. The highest BCUT2D eigenvalue weighted by molar-refractivity contribution is 9.10. The highest BCUT2D eigenvalue weighted by Gasteiger charge is 2.23. The third-order valence-corrected chi connectivity index (χ3v) is 8.61. The van der Waals surface area contributed by atoms with Crippen molar-refractivity contribution >= 4 is 35.7 Å². The van der Waals surface area contributed by atoms with E-state index in [1.807, 2.05) is 6.92 Å². The van der Waals surface area contributed by atoms with Gasteiger partial charge in [-0.15, -0.1) is 3.77 Å². The van der Waals surface area contributed by atoms with Crippen LogP contribution in [0.2, 0.25) is 0 Å². The Kier molecular flexibility index (Phi) is 5.33. The summed E-state index contributed by atoms with van der Waals surface area (Å²) in [5.41, 5.74) is 0.946. The van der Waals surface area contributed by atoms with Gasteiger partial charge >= 0.3 is 0 Å². The molecule has 2 aromatic carbocycles. The quantitative estimate of drug-likeness (QED) is 0.743. The Balaban J connectivity index is 2.65. The van der Waals surface area contributed by atoms with Crippen LogP contribution >= 0.6 is 15.9 Å². The van der Waals surface area contributed by atoms with Gasteiger partial charge in [0.25, 0.3) is 10.0 Å². The zero-order chi connectivity index (χ0) is 17.3. The maximum absolute atomic E-state index is 13.3. The van der Waals surface area contributed by atoms with Crippen molar-refractivity contribution in [2.24, 2.45) is 3.77 Å². The van der Waals surface area contributed by atoms with E-state index >= 15 is 0 Å². The van der Waals surface area contributed by atoms with Gasteiger partial charge in [0.05, 0.1) is 14.6 Å². The highest BCUT2D eigenvalue weighted by atomic mass is 79.9. The average molecular weight is 416 g/mol. The molecule has 7 heteroatoms. The van der Waals surface area contributed by atoms with Crippen LogP contribution in [0.4, 0.5) is 0 Å². The summed E-state index contributed by atoms with van der Waals surface area (Å²) in [6, 6.07) is 13.1. The molecule has 0 saturated heterocycles. The number of nitrogens with zero attached hydrogens (tertiary/aromatic N) is 1. The fraction of sp³-hybridized carbons (Fsp3) is 0.250. The zero-order valence-corrected chi connectivity index (χ0v) is 16.3.